The first-order valence-electron chi connectivity index (χ1n) is 6.80. The van der Waals surface area contributed by atoms with Gasteiger partial charge in [0, 0.05) is 5.69 Å². The van der Waals surface area contributed by atoms with Crippen LogP contribution < -0.4 is 15.8 Å². The fourth-order valence-corrected chi connectivity index (χ4v) is 1.57. The zero-order chi connectivity index (χ0) is 16.8. The first-order chi connectivity index (χ1) is 10.2. The molecule has 0 aliphatic carbocycles. The van der Waals surface area contributed by atoms with Gasteiger partial charge < -0.3 is 25.3 Å². The Morgan fingerprint density at radius 1 is 1.27 bits per heavy atom. The van der Waals surface area contributed by atoms with Gasteiger partial charge in [-0.15, -0.1) is 0 Å². The normalized spacial score (nSPS) is 10.7. The third-order valence-electron chi connectivity index (χ3n) is 2.44. The van der Waals surface area contributed by atoms with E-state index in [4.69, 9.17) is 15.2 Å². The highest BCUT2D eigenvalue weighted by Crippen LogP contribution is 2.22. The number of rotatable bonds is 5. The molecular formula is C15H22N2O5. The van der Waals surface area contributed by atoms with Crippen molar-refractivity contribution in [2.24, 2.45) is 0 Å². The summed E-state index contributed by atoms with van der Waals surface area (Å²) in [7, 11) is 1.28. The van der Waals surface area contributed by atoms with Gasteiger partial charge in [-0.2, -0.15) is 0 Å². The molecule has 0 aromatic heterocycles. The second kappa shape index (κ2) is 7.53. The van der Waals surface area contributed by atoms with E-state index in [9.17, 15) is 9.59 Å². The van der Waals surface area contributed by atoms with Crippen LogP contribution in [0.5, 0.6) is 5.75 Å². The molecule has 0 radical (unpaired) electrons. The number of carbonyl (C=O) groups is 2. The smallest absolute Gasteiger partial charge is 0.407 e. The van der Waals surface area contributed by atoms with Crippen LogP contribution >= 0.6 is 0 Å². The van der Waals surface area contributed by atoms with E-state index < -0.39 is 17.7 Å². The molecule has 0 saturated heterocycles. The second-order valence-corrected chi connectivity index (χ2v) is 5.52. The maximum atomic E-state index is 11.6. The van der Waals surface area contributed by atoms with Crippen LogP contribution in [0.4, 0.5) is 10.5 Å². The van der Waals surface area contributed by atoms with Gasteiger partial charge in [0.1, 0.15) is 23.5 Å². The minimum Gasteiger partial charge on any atom is -0.491 e. The van der Waals surface area contributed by atoms with Crippen LogP contribution in [-0.4, -0.2) is 37.9 Å². The van der Waals surface area contributed by atoms with Crippen LogP contribution in [0.1, 0.15) is 31.1 Å². The topological polar surface area (TPSA) is 99.9 Å². The van der Waals surface area contributed by atoms with Crippen LogP contribution in [0.25, 0.3) is 0 Å². The number of ether oxygens (including phenoxy) is 3. The number of hydrogen-bond donors (Lipinski definition) is 2. The number of methoxy groups -OCH3 is 1. The first-order valence-corrected chi connectivity index (χ1v) is 6.80. The molecule has 7 heteroatoms. The average Bonchev–Trinajstić information content (AvgIpc) is 2.42. The molecule has 7 nitrogen and oxygen atoms in total. The second-order valence-electron chi connectivity index (χ2n) is 5.52. The van der Waals surface area contributed by atoms with Gasteiger partial charge in [-0.3, -0.25) is 0 Å². The quantitative estimate of drug-likeness (QED) is 0.490. The number of esters is 1. The van der Waals surface area contributed by atoms with Gasteiger partial charge in [0.05, 0.1) is 13.7 Å². The van der Waals surface area contributed by atoms with E-state index in [1.807, 2.05) is 0 Å². The molecule has 1 aromatic rings. The summed E-state index contributed by atoms with van der Waals surface area (Å²) in [5.41, 5.74) is 5.75. The Kier molecular flexibility index (Phi) is 6.03. The Labute approximate surface area is 129 Å². The molecule has 0 fully saturated rings. The Morgan fingerprint density at radius 3 is 2.55 bits per heavy atom. The van der Waals surface area contributed by atoms with Crippen LogP contribution in [0.2, 0.25) is 0 Å². The van der Waals surface area contributed by atoms with E-state index in [0.29, 0.717) is 11.4 Å². The third kappa shape index (κ3) is 5.90. The minimum atomic E-state index is -0.556. The summed E-state index contributed by atoms with van der Waals surface area (Å²) in [5.74, 6) is -0.200. The van der Waals surface area contributed by atoms with Gasteiger partial charge in [-0.1, -0.05) is 0 Å². The monoisotopic (exact) mass is 310 g/mol. The van der Waals surface area contributed by atoms with Crippen molar-refractivity contribution in [3.8, 4) is 5.75 Å². The Hall–Kier alpha value is -2.44. The maximum Gasteiger partial charge on any atom is 0.407 e. The molecule has 0 saturated carbocycles. The number of anilines is 1. The van der Waals surface area contributed by atoms with Crippen molar-refractivity contribution in [2.45, 2.75) is 26.4 Å². The SMILES string of the molecule is COC(=O)c1cc(N)ccc1OCCNC(=O)OC(C)(C)C. The van der Waals surface area contributed by atoms with Crippen molar-refractivity contribution in [1.29, 1.82) is 0 Å². The number of nitrogen functional groups attached to an aromatic ring is 1. The van der Waals surface area contributed by atoms with Crippen molar-refractivity contribution in [3.63, 3.8) is 0 Å². The summed E-state index contributed by atoms with van der Waals surface area (Å²) < 4.78 is 15.2. The lowest BCUT2D eigenvalue weighted by molar-refractivity contribution is 0.0516. The summed E-state index contributed by atoms with van der Waals surface area (Å²) in [6.45, 7) is 5.74. The molecule has 0 bridgehead atoms. The van der Waals surface area contributed by atoms with Crippen molar-refractivity contribution in [2.75, 3.05) is 26.0 Å². The zero-order valence-corrected chi connectivity index (χ0v) is 13.3. The lowest BCUT2D eigenvalue weighted by Crippen LogP contribution is -2.34. The first kappa shape index (κ1) is 17.6. The lowest BCUT2D eigenvalue weighted by Gasteiger charge is -2.19. The number of benzene rings is 1. The van der Waals surface area contributed by atoms with Crippen LogP contribution in [0.3, 0.4) is 0 Å². The fourth-order valence-electron chi connectivity index (χ4n) is 1.57. The minimum absolute atomic E-state index is 0.174. The highest BCUT2D eigenvalue weighted by atomic mass is 16.6. The van der Waals surface area contributed by atoms with Gasteiger partial charge in [-0.05, 0) is 39.0 Å². The number of nitrogens with two attached hydrogens (primary N) is 1. The lowest BCUT2D eigenvalue weighted by atomic mass is 10.2. The predicted octanol–water partition coefficient (Wildman–Crippen LogP) is 1.96. The Morgan fingerprint density at radius 2 is 1.95 bits per heavy atom. The summed E-state index contributed by atoms with van der Waals surface area (Å²) in [6, 6.07) is 4.67. The highest BCUT2D eigenvalue weighted by molar-refractivity contribution is 5.93. The van der Waals surface area contributed by atoms with Gasteiger partial charge in [0.25, 0.3) is 0 Å². The maximum absolute atomic E-state index is 11.6. The van der Waals surface area contributed by atoms with Crippen molar-refractivity contribution >= 4 is 17.7 Å². The van der Waals surface area contributed by atoms with Crippen LogP contribution in [0.15, 0.2) is 18.2 Å². The number of amides is 1. The van der Waals surface area contributed by atoms with E-state index in [1.54, 1.807) is 32.9 Å². The van der Waals surface area contributed by atoms with E-state index in [1.165, 1.54) is 13.2 Å². The molecule has 0 atom stereocenters. The molecular weight excluding hydrogens is 288 g/mol. The zero-order valence-electron chi connectivity index (χ0n) is 13.3. The van der Waals surface area contributed by atoms with E-state index in [-0.39, 0.29) is 18.7 Å². The van der Waals surface area contributed by atoms with Crippen LogP contribution in [0, 0.1) is 0 Å². The number of hydrogen-bond acceptors (Lipinski definition) is 6. The van der Waals surface area contributed by atoms with E-state index >= 15 is 0 Å². The summed E-state index contributed by atoms with van der Waals surface area (Å²) in [6.07, 6.45) is -0.526. The third-order valence-corrected chi connectivity index (χ3v) is 2.44. The van der Waals surface area contributed by atoms with Crippen molar-refractivity contribution in [3.05, 3.63) is 23.8 Å². The van der Waals surface area contributed by atoms with Gasteiger partial charge in [0.2, 0.25) is 0 Å². The Balaban J connectivity index is 2.52. The van der Waals surface area contributed by atoms with Crippen LogP contribution in [-0.2, 0) is 9.47 Å². The highest BCUT2D eigenvalue weighted by Gasteiger charge is 2.16. The molecule has 3 N–H and O–H groups in total. The number of carbonyl (C=O) groups excluding carboxylic acids is 2. The fraction of sp³-hybridized carbons (Fsp3) is 0.467. The Bertz CT molecular complexity index is 537. The van der Waals surface area contributed by atoms with Crippen molar-refractivity contribution in [1.82, 2.24) is 5.32 Å². The molecule has 0 heterocycles. The summed E-state index contributed by atoms with van der Waals surface area (Å²) in [4.78, 5) is 23.1. The van der Waals surface area contributed by atoms with Gasteiger partial charge >= 0.3 is 12.1 Å². The molecule has 1 amide bonds. The van der Waals surface area contributed by atoms with Crippen molar-refractivity contribution < 1.29 is 23.8 Å². The molecule has 0 aliphatic heterocycles. The standard InChI is InChI=1S/C15H22N2O5/c1-15(2,3)22-14(19)17-7-8-21-12-6-5-10(16)9-11(12)13(18)20-4/h5-6,9H,7-8,16H2,1-4H3,(H,17,19). The molecule has 122 valence electrons. The molecule has 0 spiro atoms. The number of nitrogens with one attached hydrogen (secondary N) is 1. The van der Waals surface area contributed by atoms with Gasteiger partial charge in [-0.25, -0.2) is 9.59 Å². The molecule has 22 heavy (non-hydrogen) atoms. The number of alkyl carbamates (subject to hydrolysis) is 1. The van der Waals surface area contributed by atoms with E-state index in [2.05, 4.69) is 10.1 Å². The average molecular weight is 310 g/mol. The predicted molar refractivity (Wildman–Crippen MR) is 81.9 cm³/mol. The summed E-state index contributed by atoms with van der Waals surface area (Å²) >= 11 is 0. The van der Waals surface area contributed by atoms with E-state index in [0.717, 1.165) is 0 Å². The molecule has 1 rings (SSSR count). The summed E-state index contributed by atoms with van der Waals surface area (Å²) in [5, 5.41) is 2.56. The molecule has 0 unspecified atom stereocenters. The van der Waals surface area contributed by atoms with Gasteiger partial charge in [0.15, 0.2) is 0 Å². The largest absolute Gasteiger partial charge is 0.491 e. The molecule has 0 aliphatic rings. The molecule has 1 aromatic carbocycles.